The van der Waals surface area contributed by atoms with Gasteiger partial charge in [0.15, 0.2) is 0 Å². The van der Waals surface area contributed by atoms with Gasteiger partial charge in [-0.1, -0.05) is 6.07 Å². The lowest BCUT2D eigenvalue weighted by atomic mass is 10.1. The predicted octanol–water partition coefficient (Wildman–Crippen LogP) is 4.24. The van der Waals surface area contributed by atoms with Crippen LogP contribution in [-0.4, -0.2) is 22.8 Å². The van der Waals surface area contributed by atoms with Crippen molar-refractivity contribution in [1.82, 2.24) is 10.3 Å². The zero-order valence-electron chi connectivity index (χ0n) is 15.8. The number of H-pyrrole nitrogens is 1. The topological polar surface area (TPSA) is 74.0 Å². The first-order valence-electron chi connectivity index (χ1n) is 9.24. The van der Waals surface area contributed by atoms with Crippen LogP contribution in [0.5, 0.6) is 0 Å². The molecule has 27 heavy (non-hydrogen) atoms. The molecule has 2 aromatic carbocycles. The van der Waals surface area contributed by atoms with Crippen LogP contribution in [0.25, 0.3) is 10.9 Å². The molecular weight excluding hydrogens is 338 g/mol. The van der Waals surface area contributed by atoms with Gasteiger partial charge in [-0.3, -0.25) is 9.59 Å². The smallest absolute Gasteiger partial charge is 0.255 e. The van der Waals surface area contributed by atoms with Gasteiger partial charge in [-0.2, -0.15) is 0 Å². The van der Waals surface area contributed by atoms with E-state index in [4.69, 9.17) is 0 Å². The van der Waals surface area contributed by atoms with Gasteiger partial charge in [0.25, 0.3) is 11.8 Å². The maximum atomic E-state index is 12.8. The minimum absolute atomic E-state index is 0.0900. The number of hydrogen-bond donors (Lipinski definition) is 3. The first-order chi connectivity index (χ1) is 12.9. The van der Waals surface area contributed by atoms with Gasteiger partial charge in [-0.15, -0.1) is 0 Å². The van der Waals surface area contributed by atoms with E-state index in [0.29, 0.717) is 22.9 Å². The van der Waals surface area contributed by atoms with Crippen molar-refractivity contribution in [3.63, 3.8) is 0 Å². The second-order valence-electron chi connectivity index (χ2n) is 7.37. The molecule has 5 nitrogen and oxygen atoms in total. The average molecular weight is 361 g/mol. The fourth-order valence-electron chi connectivity index (χ4n) is 3.19. The van der Waals surface area contributed by atoms with Crippen molar-refractivity contribution >= 4 is 28.4 Å². The van der Waals surface area contributed by atoms with Gasteiger partial charge in [0.1, 0.15) is 0 Å². The van der Waals surface area contributed by atoms with Gasteiger partial charge in [-0.05, 0) is 75.1 Å². The van der Waals surface area contributed by atoms with E-state index >= 15 is 0 Å². The number of carbonyl (C=O) groups is 2. The summed E-state index contributed by atoms with van der Waals surface area (Å²) in [5.74, 6) is -0.272. The molecule has 0 spiro atoms. The van der Waals surface area contributed by atoms with Gasteiger partial charge < -0.3 is 15.6 Å². The molecule has 4 rings (SSSR count). The molecule has 0 atom stereocenters. The number of aromatic amines is 1. The number of hydrogen-bond acceptors (Lipinski definition) is 2. The fraction of sp³-hybridized carbons (Fsp3) is 0.273. The van der Waals surface area contributed by atoms with Crippen molar-refractivity contribution in [3.05, 3.63) is 64.3 Å². The number of fused-ring (bicyclic) bond motifs is 1. The molecule has 5 heteroatoms. The van der Waals surface area contributed by atoms with Crippen molar-refractivity contribution in [1.29, 1.82) is 0 Å². The third-order valence-corrected chi connectivity index (χ3v) is 5.23. The van der Waals surface area contributed by atoms with Crippen LogP contribution in [-0.2, 0) is 0 Å². The number of aromatic nitrogens is 1. The predicted molar refractivity (Wildman–Crippen MR) is 107 cm³/mol. The van der Waals surface area contributed by atoms with Gasteiger partial charge >= 0.3 is 0 Å². The molecule has 3 aromatic rings. The average Bonchev–Trinajstić information content (AvgIpc) is 3.42. The molecule has 1 heterocycles. The lowest BCUT2D eigenvalue weighted by Crippen LogP contribution is -2.25. The Labute approximate surface area is 158 Å². The third kappa shape index (κ3) is 3.45. The van der Waals surface area contributed by atoms with E-state index in [1.807, 2.05) is 45.0 Å². The van der Waals surface area contributed by atoms with Crippen LogP contribution in [0.15, 0.2) is 36.4 Å². The summed E-state index contributed by atoms with van der Waals surface area (Å²) >= 11 is 0. The minimum atomic E-state index is -0.182. The summed E-state index contributed by atoms with van der Waals surface area (Å²) in [5.41, 5.74) is 6.01. The Morgan fingerprint density at radius 3 is 2.41 bits per heavy atom. The highest BCUT2D eigenvalue weighted by Gasteiger charge is 2.24. The van der Waals surface area contributed by atoms with Crippen molar-refractivity contribution < 1.29 is 9.59 Å². The molecule has 0 aliphatic heterocycles. The summed E-state index contributed by atoms with van der Waals surface area (Å²) in [6, 6.07) is 11.3. The first kappa shape index (κ1) is 17.3. The van der Waals surface area contributed by atoms with Gasteiger partial charge in [0.2, 0.25) is 0 Å². The standard InChI is InChI=1S/C22H23N3O2/c1-12-4-5-16(21(26)24-17-7-8-17)11-20(12)25-22(27)15-6-9-19-18(10-15)13(2)14(3)23-19/h4-6,9-11,17,23H,7-8H2,1-3H3,(H,24,26)(H,25,27). The van der Waals surface area contributed by atoms with E-state index in [2.05, 4.69) is 15.6 Å². The van der Waals surface area contributed by atoms with Gasteiger partial charge in [0.05, 0.1) is 0 Å². The van der Waals surface area contributed by atoms with Crippen LogP contribution in [0.1, 0.15) is 50.4 Å². The van der Waals surface area contributed by atoms with E-state index in [1.54, 1.807) is 12.1 Å². The van der Waals surface area contributed by atoms with E-state index in [-0.39, 0.29) is 11.8 Å². The number of aryl methyl sites for hydroxylation is 3. The van der Waals surface area contributed by atoms with E-state index in [0.717, 1.165) is 40.6 Å². The van der Waals surface area contributed by atoms with Crippen LogP contribution < -0.4 is 10.6 Å². The molecule has 1 aliphatic carbocycles. The number of anilines is 1. The zero-order chi connectivity index (χ0) is 19.1. The normalized spacial score (nSPS) is 13.6. The van der Waals surface area contributed by atoms with Crippen LogP contribution in [0.3, 0.4) is 0 Å². The number of carbonyl (C=O) groups excluding carboxylic acids is 2. The molecule has 0 bridgehead atoms. The highest BCUT2D eigenvalue weighted by molar-refractivity contribution is 6.07. The molecule has 3 N–H and O–H groups in total. The van der Waals surface area contributed by atoms with Gasteiger partial charge in [0, 0.05) is 39.5 Å². The van der Waals surface area contributed by atoms with E-state index in [1.165, 1.54) is 0 Å². The summed E-state index contributed by atoms with van der Waals surface area (Å²) in [6.45, 7) is 5.99. The maximum absolute atomic E-state index is 12.8. The molecule has 1 saturated carbocycles. The maximum Gasteiger partial charge on any atom is 0.255 e. The summed E-state index contributed by atoms with van der Waals surface area (Å²) in [4.78, 5) is 28.4. The highest BCUT2D eigenvalue weighted by Crippen LogP contribution is 2.24. The largest absolute Gasteiger partial charge is 0.358 e. The van der Waals surface area contributed by atoms with E-state index in [9.17, 15) is 9.59 Å². The SMILES string of the molecule is Cc1ccc(C(=O)NC2CC2)cc1NC(=O)c1ccc2[nH]c(C)c(C)c2c1. The Balaban J connectivity index is 1.58. The van der Waals surface area contributed by atoms with Crippen LogP contribution in [0.4, 0.5) is 5.69 Å². The molecular formula is C22H23N3O2. The van der Waals surface area contributed by atoms with Crippen molar-refractivity contribution in [2.75, 3.05) is 5.32 Å². The number of nitrogens with one attached hydrogen (secondary N) is 3. The Bertz CT molecular complexity index is 1060. The Morgan fingerprint density at radius 2 is 1.67 bits per heavy atom. The molecule has 0 saturated heterocycles. The molecule has 0 radical (unpaired) electrons. The number of rotatable bonds is 4. The Kier molecular flexibility index (Phi) is 4.22. The lowest BCUT2D eigenvalue weighted by Gasteiger charge is -2.11. The Morgan fingerprint density at radius 1 is 0.963 bits per heavy atom. The van der Waals surface area contributed by atoms with Crippen LogP contribution in [0.2, 0.25) is 0 Å². The third-order valence-electron chi connectivity index (χ3n) is 5.23. The highest BCUT2D eigenvalue weighted by atomic mass is 16.2. The molecule has 1 aliphatic rings. The summed E-state index contributed by atoms with van der Waals surface area (Å²) < 4.78 is 0. The van der Waals surface area contributed by atoms with Crippen LogP contribution in [0, 0.1) is 20.8 Å². The summed E-state index contributed by atoms with van der Waals surface area (Å²) in [7, 11) is 0. The molecule has 138 valence electrons. The van der Waals surface area contributed by atoms with Crippen LogP contribution >= 0.6 is 0 Å². The molecule has 0 unspecified atom stereocenters. The fourth-order valence-corrected chi connectivity index (χ4v) is 3.19. The number of amides is 2. The Hall–Kier alpha value is -3.08. The quantitative estimate of drug-likeness (QED) is 0.650. The summed E-state index contributed by atoms with van der Waals surface area (Å²) in [5, 5.41) is 6.98. The lowest BCUT2D eigenvalue weighted by molar-refractivity contribution is 0.0949. The second kappa shape index (κ2) is 6.58. The molecule has 2 amide bonds. The molecule has 1 aromatic heterocycles. The minimum Gasteiger partial charge on any atom is -0.358 e. The summed E-state index contributed by atoms with van der Waals surface area (Å²) in [6.07, 6.45) is 2.09. The van der Waals surface area contributed by atoms with E-state index < -0.39 is 0 Å². The zero-order valence-corrected chi connectivity index (χ0v) is 15.8. The van der Waals surface area contributed by atoms with Crippen molar-refractivity contribution in [2.45, 2.75) is 39.7 Å². The van der Waals surface area contributed by atoms with Gasteiger partial charge in [-0.25, -0.2) is 0 Å². The van der Waals surface area contributed by atoms with Crippen molar-refractivity contribution in [3.8, 4) is 0 Å². The van der Waals surface area contributed by atoms with Crippen molar-refractivity contribution in [2.24, 2.45) is 0 Å². The number of benzene rings is 2. The monoisotopic (exact) mass is 361 g/mol. The second-order valence-corrected chi connectivity index (χ2v) is 7.37. The molecule has 1 fully saturated rings. The first-order valence-corrected chi connectivity index (χ1v) is 9.24.